The summed E-state index contributed by atoms with van der Waals surface area (Å²) in [4.78, 5) is 11.3. The number of ether oxygens (including phenoxy) is 1. The number of carbonyl (C=O) groups is 1. The zero-order valence-corrected chi connectivity index (χ0v) is 12.2. The summed E-state index contributed by atoms with van der Waals surface area (Å²) in [6.07, 6.45) is 3.75. The number of amides is 1. The zero-order valence-electron chi connectivity index (χ0n) is 12.2. The molecule has 3 N–H and O–H groups in total. The van der Waals surface area contributed by atoms with Crippen LogP contribution in [-0.4, -0.2) is 34.9 Å². The molecule has 0 aliphatic heterocycles. The van der Waals surface area contributed by atoms with Crippen molar-refractivity contribution in [2.45, 2.75) is 13.0 Å². The number of hydrogen-bond acceptors (Lipinski definition) is 4. The molecule has 2 aromatic rings. The molecule has 1 aromatic heterocycles. The summed E-state index contributed by atoms with van der Waals surface area (Å²) < 4.78 is 7.38. The Balaban J connectivity index is 1.88. The first-order chi connectivity index (χ1) is 10.1. The molecule has 0 aliphatic carbocycles. The minimum Gasteiger partial charge on any atom is -0.492 e. The topological polar surface area (TPSA) is 82.2 Å². The Hall–Kier alpha value is -2.34. The molecule has 1 amide bonds. The van der Waals surface area contributed by atoms with Crippen molar-refractivity contribution in [1.82, 2.24) is 15.1 Å². The predicted octanol–water partition coefficient (Wildman–Crippen LogP) is 0.929. The van der Waals surface area contributed by atoms with Crippen LogP contribution in [0.1, 0.15) is 6.92 Å². The van der Waals surface area contributed by atoms with Gasteiger partial charge >= 0.3 is 0 Å². The fourth-order valence-electron chi connectivity index (χ4n) is 1.84. The largest absolute Gasteiger partial charge is 0.492 e. The van der Waals surface area contributed by atoms with Gasteiger partial charge in [0.15, 0.2) is 0 Å². The van der Waals surface area contributed by atoms with E-state index in [4.69, 9.17) is 10.5 Å². The molecule has 0 aliphatic rings. The van der Waals surface area contributed by atoms with Crippen molar-refractivity contribution in [3.05, 3.63) is 36.7 Å². The van der Waals surface area contributed by atoms with E-state index in [1.807, 2.05) is 43.7 Å². The van der Waals surface area contributed by atoms with Gasteiger partial charge in [0.05, 0.1) is 18.8 Å². The monoisotopic (exact) mass is 288 g/mol. The van der Waals surface area contributed by atoms with Crippen LogP contribution in [0.5, 0.6) is 5.75 Å². The fourth-order valence-corrected chi connectivity index (χ4v) is 1.84. The summed E-state index contributed by atoms with van der Waals surface area (Å²) >= 11 is 0. The second-order valence-corrected chi connectivity index (χ2v) is 4.86. The average Bonchev–Trinajstić information content (AvgIpc) is 2.90. The van der Waals surface area contributed by atoms with Crippen molar-refractivity contribution >= 4 is 5.91 Å². The van der Waals surface area contributed by atoms with E-state index in [1.165, 1.54) is 0 Å². The van der Waals surface area contributed by atoms with E-state index in [1.54, 1.807) is 11.6 Å². The average molecular weight is 288 g/mol. The molecule has 0 spiro atoms. The van der Waals surface area contributed by atoms with Crippen molar-refractivity contribution in [2.75, 3.05) is 13.2 Å². The van der Waals surface area contributed by atoms with Crippen molar-refractivity contribution < 1.29 is 9.53 Å². The Morgan fingerprint density at radius 3 is 2.95 bits per heavy atom. The normalized spacial score (nSPS) is 12.0. The molecule has 1 aromatic carbocycles. The van der Waals surface area contributed by atoms with E-state index >= 15 is 0 Å². The van der Waals surface area contributed by atoms with Gasteiger partial charge in [-0.1, -0.05) is 12.1 Å². The predicted molar refractivity (Wildman–Crippen MR) is 80.8 cm³/mol. The molecule has 1 heterocycles. The molecule has 0 saturated carbocycles. The number of benzene rings is 1. The summed E-state index contributed by atoms with van der Waals surface area (Å²) in [6.45, 7) is 2.47. The third kappa shape index (κ3) is 4.32. The van der Waals surface area contributed by atoms with Gasteiger partial charge in [-0.15, -0.1) is 0 Å². The molecule has 1 atom stereocenters. The Kier molecular flexibility index (Phi) is 4.94. The lowest BCUT2D eigenvalue weighted by molar-refractivity contribution is -0.122. The van der Waals surface area contributed by atoms with Crippen LogP contribution in [0.3, 0.4) is 0 Å². The van der Waals surface area contributed by atoms with Crippen LogP contribution in [0.2, 0.25) is 0 Å². The van der Waals surface area contributed by atoms with Crippen LogP contribution in [0, 0.1) is 0 Å². The molecule has 21 heavy (non-hydrogen) atoms. The van der Waals surface area contributed by atoms with Crippen molar-refractivity contribution in [3.8, 4) is 16.9 Å². The summed E-state index contributed by atoms with van der Waals surface area (Å²) in [5.41, 5.74) is 7.53. The summed E-state index contributed by atoms with van der Waals surface area (Å²) in [7, 11) is 1.88. The highest BCUT2D eigenvalue weighted by Crippen LogP contribution is 2.23. The molecule has 112 valence electrons. The van der Waals surface area contributed by atoms with E-state index in [2.05, 4.69) is 10.4 Å². The smallest absolute Gasteiger partial charge is 0.236 e. The molecular formula is C15H20N4O2. The number of nitrogens with one attached hydrogen (secondary N) is 1. The van der Waals surface area contributed by atoms with Crippen LogP contribution < -0.4 is 15.8 Å². The van der Waals surface area contributed by atoms with Gasteiger partial charge in [0.25, 0.3) is 0 Å². The molecule has 0 unspecified atom stereocenters. The number of aryl methyl sites for hydroxylation is 1. The first-order valence-corrected chi connectivity index (χ1v) is 6.81. The van der Waals surface area contributed by atoms with Gasteiger partial charge in [-0.2, -0.15) is 5.10 Å². The summed E-state index contributed by atoms with van der Waals surface area (Å²) in [5.74, 6) is 0.578. The SMILES string of the molecule is C[C@@H](N)C(=O)NCCOc1cccc(-c2cnn(C)c2)c1. The molecule has 6 heteroatoms. The number of nitrogens with two attached hydrogens (primary N) is 1. The molecule has 0 fully saturated rings. The van der Waals surface area contributed by atoms with E-state index in [-0.39, 0.29) is 5.91 Å². The third-order valence-electron chi connectivity index (χ3n) is 2.96. The van der Waals surface area contributed by atoms with Gasteiger partial charge in [-0.3, -0.25) is 9.48 Å². The van der Waals surface area contributed by atoms with E-state index in [0.717, 1.165) is 16.9 Å². The lowest BCUT2D eigenvalue weighted by atomic mass is 10.1. The van der Waals surface area contributed by atoms with Gasteiger partial charge in [-0.25, -0.2) is 0 Å². The lowest BCUT2D eigenvalue weighted by Gasteiger charge is -2.10. The van der Waals surface area contributed by atoms with Gasteiger partial charge < -0.3 is 15.8 Å². The molecule has 0 saturated heterocycles. The van der Waals surface area contributed by atoms with Crippen LogP contribution >= 0.6 is 0 Å². The van der Waals surface area contributed by atoms with Crippen molar-refractivity contribution in [1.29, 1.82) is 0 Å². The Morgan fingerprint density at radius 1 is 1.48 bits per heavy atom. The Labute approximate surface area is 123 Å². The van der Waals surface area contributed by atoms with E-state index in [0.29, 0.717) is 13.2 Å². The van der Waals surface area contributed by atoms with Crippen LogP contribution in [0.15, 0.2) is 36.7 Å². The van der Waals surface area contributed by atoms with Crippen LogP contribution in [0.4, 0.5) is 0 Å². The minimum atomic E-state index is -0.501. The molecular weight excluding hydrogens is 268 g/mol. The number of hydrogen-bond donors (Lipinski definition) is 2. The van der Waals surface area contributed by atoms with Crippen molar-refractivity contribution in [2.24, 2.45) is 12.8 Å². The first-order valence-electron chi connectivity index (χ1n) is 6.81. The zero-order chi connectivity index (χ0) is 15.2. The maximum atomic E-state index is 11.3. The maximum Gasteiger partial charge on any atom is 0.236 e. The number of nitrogens with zero attached hydrogens (tertiary/aromatic N) is 2. The summed E-state index contributed by atoms with van der Waals surface area (Å²) in [5, 5.41) is 6.85. The molecule has 6 nitrogen and oxygen atoms in total. The van der Waals surface area contributed by atoms with Gasteiger partial charge in [-0.05, 0) is 24.6 Å². The highest BCUT2D eigenvalue weighted by molar-refractivity contribution is 5.80. The summed E-state index contributed by atoms with van der Waals surface area (Å²) in [6, 6.07) is 7.26. The van der Waals surface area contributed by atoms with Crippen LogP contribution in [0.25, 0.3) is 11.1 Å². The molecule has 0 bridgehead atoms. The van der Waals surface area contributed by atoms with Gasteiger partial charge in [0, 0.05) is 18.8 Å². The lowest BCUT2D eigenvalue weighted by Crippen LogP contribution is -2.40. The molecule has 0 radical (unpaired) electrons. The quantitative estimate of drug-likeness (QED) is 0.775. The van der Waals surface area contributed by atoms with E-state index < -0.39 is 6.04 Å². The first kappa shape index (κ1) is 15.1. The number of aromatic nitrogens is 2. The maximum absolute atomic E-state index is 11.3. The molecule has 2 rings (SSSR count). The second kappa shape index (κ2) is 6.90. The minimum absolute atomic E-state index is 0.178. The van der Waals surface area contributed by atoms with Gasteiger partial charge in [0.1, 0.15) is 12.4 Å². The van der Waals surface area contributed by atoms with Crippen molar-refractivity contribution in [3.63, 3.8) is 0 Å². The van der Waals surface area contributed by atoms with Gasteiger partial charge in [0.2, 0.25) is 5.91 Å². The van der Waals surface area contributed by atoms with Crippen LogP contribution in [-0.2, 0) is 11.8 Å². The standard InChI is InChI=1S/C15H20N4O2/c1-11(16)15(20)17-6-7-21-14-5-3-4-12(8-14)13-9-18-19(2)10-13/h3-5,8-11H,6-7,16H2,1-2H3,(H,17,20)/t11-/m1/s1. The Morgan fingerprint density at radius 2 is 2.29 bits per heavy atom. The second-order valence-electron chi connectivity index (χ2n) is 4.86. The fraction of sp³-hybridized carbons (Fsp3) is 0.333. The highest BCUT2D eigenvalue weighted by Gasteiger charge is 2.06. The number of carbonyl (C=O) groups excluding carboxylic acids is 1. The number of rotatable bonds is 6. The highest BCUT2D eigenvalue weighted by atomic mass is 16.5. The van der Waals surface area contributed by atoms with E-state index in [9.17, 15) is 4.79 Å². The third-order valence-corrected chi connectivity index (χ3v) is 2.96. The Bertz CT molecular complexity index is 607.